The molecule has 0 heterocycles. The Kier molecular flexibility index (Phi) is 23.5. The number of rotatable bonds is 29. The fourth-order valence-electron chi connectivity index (χ4n) is 5.98. The van der Waals surface area contributed by atoms with Crippen LogP contribution in [0.25, 0.3) is 0 Å². The van der Waals surface area contributed by atoms with Gasteiger partial charge in [0.05, 0.1) is 26.2 Å². The van der Waals surface area contributed by atoms with E-state index in [2.05, 4.69) is 19.1 Å². The molecule has 0 spiro atoms. The monoisotopic (exact) mass is 582 g/mol. The summed E-state index contributed by atoms with van der Waals surface area (Å²) in [4.78, 5) is 35.9. The van der Waals surface area contributed by atoms with Crippen LogP contribution in [0.1, 0.15) is 143 Å². The number of quaternary nitrogens is 1. The number of aliphatic carboxylic acids is 3. The van der Waals surface area contributed by atoms with E-state index in [1.165, 1.54) is 70.6 Å². The Balaban J connectivity index is 4.75. The highest BCUT2D eigenvalue weighted by Gasteiger charge is 2.40. The van der Waals surface area contributed by atoms with Crippen molar-refractivity contribution in [3.8, 4) is 0 Å². The molecule has 0 aromatic carbocycles. The van der Waals surface area contributed by atoms with Gasteiger partial charge in [-0.25, -0.2) is 0 Å². The lowest BCUT2D eigenvalue weighted by atomic mass is 9.95. The standard InChI is InChI=1S/C34H63NO6/c1-5-9-10-11-12-13-14-15-16-17-18-19-20-21-22-23-24-25-35(26-29(6-2)32(36)37,27-30(7-3)33(38)39)28-31(8-4)34(40)41/h9-10,29-31H,5-8,11-28H2,1-4H3,(H2-,36,37,38,39,40,41)/p+1/b10-9+. The Morgan fingerprint density at radius 1 is 0.512 bits per heavy atom. The van der Waals surface area contributed by atoms with Crippen LogP contribution in [0.15, 0.2) is 12.2 Å². The summed E-state index contributed by atoms with van der Waals surface area (Å²) < 4.78 is 0.260. The van der Waals surface area contributed by atoms with Crippen molar-refractivity contribution < 1.29 is 34.2 Å². The Labute approximate surface area is 251 Å². The summed E-state index contributed by atoms with van der Waals surface area (Å²) in [6.45, 7) is 9.18. The first-order valence-corrected chi connectivity index (χ1v) is 16.8. The predicted octanol–water partition coefficient (Wildman–Crippen LogP) is 8.56. The number of hydrogen-bond acceptors (Lipinski definition) is 3. The van der Waals surface area contributed by atoms with Crippen molar-refractivity contribution in [3.63, 3.8) is 0 Å². The number of carboxylic acid groups (broad SMARTS) is 3. The molecule has 0 aliphatic rings. The zero-order chi connectivity index (χ0) is 30.9. The van der Waals surface area contributed by atoms with Crippen LogP contribution in [0.5, 0.6) is 0 Å². The minimum atomic E-state index is -0.887. The van der Waals surface area contributed by atoms with Gasteiger partial charge in [-0.1, -0.05) is 104 Å². The highest BCUT2D eigenvalue weighted by molar-refractivity contribution is 5.71. The van der Waals surface area contributed by atoms with Crippen molar-refractivity contribution >= 4 is 17.9 Å². The normalized spacial score (nSPS) is 15.4. The van der Waals surface area contributed by atoms with E-state index >= 15 is 0 Å². The molecule has 0 bridgehead atoms. The maximum atomic E-state index is 12.0. The maximum Gasteiger partial charge on any atom is 0.312 e. The Morgan fingerprint density at radius 2 is 0.829 bits per heavy atom. The number of unbranched alkanes of at least 4 members (excludes halogenated alkanes) is 13. The van der Waals surface area contributed by atoms with Crippen LogP contribution in [0.4, 0.5) is 0 Å². The van der Waals surface area contributed by atoms with Crippen LogP contribution in [-0.2, 0) is 14.4 Å². The SMILES string of the molecule is CC/C=C/CCCCCCCCCCCCCCC[N+](CC(CC)C(=O)O)(CC(CC)C(=O)O)CC(CC)C(=O)O. The molecule has 0 rings (SSSR count). The first kappa shape index (κ1) is 39.1. The molecule has 0 radical (unpaired) electrons. The fraction of sp³-hybridized carbons (Fsp3) is 0.853. The van der Waals surface area contributed by atoms with E-state index in [1.807, 2.05) is 20.8 Å². The lowest BCUT2D eigenvalue weighted by Gasteiger charge is -2.43. The third-order valence-electron chi connectivity index (χ3n) is 8.75. The third kappa shape index (κ3) is 19.0. The molecular weight excluding hydrogens is 518 g/mol. The topological polar surface area (TPSA) is 112 Å². The van der Waals surface area contributed by atoms with Crippen LogP contribution < -0.4 is 0 Å². The molecule has 7 nitrogen and oxygen atoms in total. The quantitative estimate of drug-likeness (QED) is 0.0463. The summed E-state index contributed by atoms with van der Waals surface area (Å²) in [5, 5.41) is 29.4. The first-order chi connectivity index (χ1) is 19.7. The lowest BCUT2D eigenvalue weighted by molar-refractivity contribution is -0.935. The highest BCUT2D eigenvalue weighted by Crippen LogP contribution is 2.25. The van der Waals surface area contributed by atoms with Gasteiger partial charge in [0, 0.05) is 0 Å². The summed E-state index contributed by atoms with van der Waals surface area (Å²) in [7, 11) is 0. The van der Waals surface area contributed by atoms with Crippen molar-refractivity contribution in [2.45, 2.75) is 143 Å². The van der Waals surface area contributed by atoms with Crippen LogP contribution in [0, 0.1) is 17.8 Å². The average molecular weight is 583 g/mol. The highest BCUT2D eigenvalue weighted by atomic mass is 16.4. The van der Waals surface area contributed by atoms with E-state index in [9.17, 15) is 29.7 Å². The Bertz CT molecular complexity index is 662. The summed E-state index contributed by atoms with van der Waals surface area (Å²) >= 11 is 0. The molecule has 0 aliphatic carbocycles. The van der Waals surface area contributed by atoms with Gasteiger partial charge in [-0.05, 0) is 51.4 Å². The number of carbonyl (C=O) groups is 3. The predicted molar refractivity (Wildman–Crippen MR) is 168 cm³/mol. The van der Waals surface area contributed by atoms with Crippen molar-refractivity contribution in [3.05, 3.63) is 12.2 Å². The van der Waals surface area contributed by atoms with Crippen LogP contribution in [0.2, 0.25) is 0 Å². The lowest BCUT2D eigenvalue weighted by Crippen LogP contribution is -2.58. The van der Waals surface area contributed by atoms with Gasteiger partial charge in [0.15, 0.2) is 0 Å². The number of carboxylic acids is 3. The van der Waals surface area contributed by atoms with Crippen molar-refractivity contribution in [1.82, 2.24) is 0 Å². The molecule has 41 heavy (non-hydrogen) atoms. The number of hydrogen-bond donors (Lipinski definition) is 3. The fourth-order valence-corrected chi connectivity index (χ4v) is 5.98. The second kappa shape index (κ2) is 24.7. The second-order valence-corrected chi connectivity index (χ2v) is 12.2. The van der Waals surface area contributed by atoms with E-state index in [0.717, 1.165) is 25.7 Å². The van der Waals surface area contributed by atoms with Gasteiger partial charge >= 0.3 is 17.9 Å². The molecule has 3 atom stereocenters. The van der Waals surface area contributed by atoms with E-state index in [0.29, 0.717) is 25.8 Å². The molecule has 3 unspecified atom stereocenters. The van der Waals surface area contributed by atoms with Crippen LogP contribution in [-0.4, -0.2) is 63.9 Å². The summed E-state index contributed by atoms with van der Waals surface area (Å²) in [6.07, 6.45) is 24.2. The average Bonchev–Trinajstić information content (AvgIpc) is 2.94. The molecule has 0 aliphatic heterocycles. The molecule has 0 aromatic rings. The Hall–Kier alpha value is -1.89. The minimum absolute atomic E-state index is 0.260. The molecule has 0 fully saturated rings. The van der Waals surface area contributed by atoms with E-state index < -0.39 is 35.7 Å². The zero-order valence-electron chi connectivity index (χ0n) is 27.0. The van der Waals surface area contributed by atoms with Gasteiger partial charge in [0.2, 0.25) is 0 Å². The summed E-state index contributed by atoms with van der Waals surface area (Å²) in [5.74, 6) is -4.51. The van der Waals surface area contributed by atoms with Crippen LogP contribution in [0.3, 0.4) is 0 Å². The van der Waals surface area contributed by atoms with Crippen LogP contribution >= 0.6 is 0 Å². The summed E-state index contributed by atoms with van der Waals surface area (Å²) in [6, 6.07) is 0. The van der Waals surface area contributed by atoms with E-state index in [-0.39, 0.29) is 24.1 Å². The molecular formula is C34H64NO6+. The summed E-state index contributed by atoms with van der Waals surface area (Å²) in [5.41, 5.74) is 0. The smallest absolute Gasteiger partial charge is 0.312 e. The van der Waals surface area contributed by atoms with Crippen molar-refractivity contribution in [2.24, 2.45) is 17.8 Å². The maximum absolute atomic E-state index is 12.0. The molecule has 0 amide bonds. The van der Waals surface area contributed by atoms with E-state index in [4.69, 9.17) is 0 Å². The van der Waals surface area contributed by atoms with Crippen molar-refractivity contribution in [2.75, 3.05) is 26.2 Å². The zero-order valence-corrected chi connectivity index (χ0v) is 27.0. The van der Waals surface area contributed by atoms with Crippen molar-refractivity contribution in [1.29, 1.82) is 0 Å². The molecule has 0 aromatic heterocycles. The second-order valence-electron chi connectivity index (χ2n) is 12.2. The molecule has 0 saturated carbocycles. The number of allylic oxidation sites excluding steroid dienone is 2. The first-order valence-electron chi connectivity index (χ1n) is 16.8. The van der Waals surface area contributed by atoms with Gasteiger partial charge in [0.1, 0.15) is 17.8 Å². The Morgan fingerprint density at radius 3 is 1.12 bits per heavy atom. The molecule has 3 N–H and O–H groups in total. The van der Waals surface area contributed by atoms with Gasteiger partial charge in [-0.2, -0.15) is 0 Å². The van der Waals surface area contributed by atoms with E-state index in [1.54, 1.807) is 0 Å². The largest absolute Gasteiger partial charge is 0.481 e. The van der Waals surface area contributed by atoms with Gasteiger partial charge < -0.3 is 19.8 Å². The van der Waals surface area contributed by atoms with Gasteiger partial charge in [-0.3, -0.25) is 14.4 Å². The number of nitrogens with zero attached hydrogens (tertiary/aromatic N) is 1. The minimum Gasteiger partial charge on any atom is -0.481 e. The third-order valence-corrected chi connectivity index (χ3v) is 8.75. The van der Waals surface area contributed by atoms with Gasteiger partial charge in [0.25, 0.3) is 0 Å². The molecule has 7 heteroatoms. The molecule has 240 valence electrons. The molecule has 0 saturated heterocycles. The van der Waals surface area contributed by atoms with Gasteiger partial charge in [-0.15, -0.1) is 0 Å².